The van der Waals surface area contributed by atoms with Gasteiger partial charge < -0.3 is 23.8 Å². The number of nitrogens with one attached hydrogen (secondary N) is 1. The molecule has 2 fully saturated rings. The Kier molecular flexibility index (Phi) is 13.4. The molecule has 0 unspecified atom stereocenters. The molecule has 2 bridgehead atoms. The van der Waals surface area contributed by atoms with Crippen LogP contribution in [0.15, 0.2) is 52.9 Å². The minimum atomic E-state index is -3.53. The molecular weight excluding hydrogens is 716 g/mol. The summed E-state index contributed by atoms with van der Waals surface area (Å²) in [6.45, 7) is 11.8. The molecule has 0 spiro atoms. The Morgan fingerprint density at radius 3 is 2.66 bits per heavy atom. The van der Waals surface area contributed by atoms with Gasteiger partial charge in [-0.3, -0.25) is 9.69 Å². The molecule has 1 saturated carbocycles. The third kappa shape index (κ3) is 11.2. The smallest absolute Gasteiger partial charge is 0.420 e. The van der Waals surface area contributed by atoms with Crippen molar-refractivity contribution in [2.75, 3.05) is 63.3 Å². The number of hydrogen-bond donors (Lipinski definition) is 1. The number of fused-ring (bicyclic) bond motifs is 3. The Bertz CT molecular complexity index is 1750. The fourth-order valence-corrected chi connectivity index (χ4v) is 9.09. The van der Waals surface area contributed by atoms with E-state index in [9.17, 15) is 13.8 Å². The number of nitrogens with zero attached hydrogens (tertiary/aromatic N) is 3. The molecule has 11 nitrogen and oxygen atoms in total. The fourth-order valence-electron chi connectivity index (χ4n) is 7.42. The van der Waals surface area contributed by atoms with Crippen LogP contribution in [0.1, 0.15) is 80.8 Å². The van der Waals surface area contributed by atoms with Crippen molar-refractivity contribution in [1.82, 2.24) is 9.62 Å². The van der Waals surface area contributed by atoms with Crippen LogP contribution in [0.4, 0.5) is 10.5 Å². The van der Waals surface area contributed by atoms with Gasteiger partial charge in [-0.05, 0) is 119 Å². The van der Waals surface area contributed by atoms with E-state index >= 15 is 0 Å². The Morgan fingerprint density at radius 1 is 1.06 bits per heavy atom. The Labute approximate surface area is 320 Å². The first-order valence-corrected chi connectivity index (χ1v) is 21.2. The lowest BCUT2D eigenvalue weighted by molar-refractivity contribution is -0.0314. The van der Waals surface area contributed by atoms with Crippen LogP contribution in [0.25, 0.3) is 0 Å². The number of amides is 2. The van der Waals surface area contributed by atoms with E-state index < -0.39 is 27.5 Å². The molecule has 3 aliphatic heterocycles. The second-order valence-electron chi connectivity index (χ2n) is 15.5. The monoisotopic (exact) mass is 770 g/mol. The number of carbonyl (C=O) groups excluding carboxylic acids is 2. The predicted molar refractivity (Wildman–Crippen MR) is 208 cm³/mol. The zero-order valence-electron chi connectivity index (χ0n) is 31.4. The van der Waals surface area contributed by atoms with Crippen molar-refractivity contribution >= 4 is 39.2 Å². The Balaban J connectivity index is 1.37. The summed E-state index contributed by atoms with van der Waals surface area (Å²) in [7, 11) is -3.53. The van der Waals surface area contributed by atoms with E-state index in [1.807, 2.05) is 12.1 Å². The molecule has 4 aliphatic rings. The van der Waals surface area contributed by atoms with Crippen molar-refractivity contribution in [3.05, 3.63) is 70.3 Å². The quantitative estimate of drug-likeness (QED) is 0.315. The summed E-state index contributed by atoms with van der Waals surface area (Å²) in [6.07, 6.45) is 9.11. The third-order valence-corrected chi connectivity index (χ3v) is 12.4. The second-order valence-corrected chi connectivity index (χ2v) is 18.0. The van der Waals surface area contributed by atoms with E-state index in [2.05, 4.69) is 43.2 Å². The first-order chi connectivity index (χ1) is 25.4. The van der Waals surface area contributed by atoms with Gasteiger partial charge in [0.2, 0.25) is 0 Å². The van der Waals surface area contributed by atoms with Gasteiger partial charge in [0.25, 0.3) is 5.91 Å². The van der Waals surface area contributed by atoms with Gasteiger partial charge in [0, 0.05) is 43.3 Å². The van der Waals surface area contributed by atoms with Gasteiger partial charge in [0.15, 0.2) is 0 Å². The van der Waals surface area contributed by atoms with E-state index in [1.54, 1.807) is 32.9 Å². The normalized spacial score (nSPS) is 26.7. The average Bonchev–Trinajstić information content (AvgIpc) is 3.12. The summed E-state index contributed by atoms with van der Waals surface area (Å²) in [5.41, 5.74) is 2.61. The predicted octanol–water partition coefficient (Wildman–Crippen LogP) is 7.20. The number of rotatable bonds is 5. The number of benzene rings is 2. The zero-order chi connectivity index (χ0) is 37.4. The molecule has 1 N–H and O–H groups in total. The molecule has 2 amide bonds. The number of allylic oxidation sites excluding steroid dienone is 1. The third-order valence-electron chi connectivity index (χ3n) is 10.3. The van der Waals surface area contributed by atoms with Crippen LogP contribution in [0.2, 0.25) is 5.02 Å². The molecule has 0 radical (unpaired) electrons. The molecule has 3 heterocycles. The maximum absolute atomic E-state index is 14.3. The number of halogens is 1. The molecule has 13 heteroatoms. The maximum Gasteiger partial charge on any atom is 0.420 e. The highest BCUT2D eigenvalue weighted by Crippen LogP contribution is 2.42. The fraction of sp³-hybridized carbons (Fsp3) is 0.600. The van der Waals surface area contributed by atoms with Crippen LogP contribution in [0, 0.1) is 11.8 Å². The highest BCUT2D eigenvalue weighted by Gasteiger charge is 2.38. The van der Waals surface area contributed by atoms with Crippen molar-refractivity contribution in [2.45, 2.75) is 84.0 Å². The van der Waals surface area contributed by atoms with Gasteiger partial charge in [-0.1, -0.05) is 29.8 Å². The standard InChI is InChI=1S/C40H55ClN4O7S/c1-40(2,3)52-39(47)43-53(48)24-8-4-5-10-36(51-23-19-44-17-21-49-22-18-44)34-15-12-32(34)28-45-27-31-11-14-33(41)25-29(31)9-6-7-20-50-37-16-13-30(26-35(37)45)38(46)42-53/h5,10-11,13-14,16,25-26,32,34,36H,4,6-9,12,15,17-24,27-28H2,1-3H3,(H,42,43,46,47,48)/b10-5+/t32-,34+,36-,53+/m0/s1. The highest BCUT2D eigenvalue weighted by molar-refractivity contribution is 7.92. The Morgan fingerprint density at radius 2 is 1.89 bits per heavy atom. The summed E-state index contributed by atoms with van der Waals surface area (Å²) < 4.78 is 44.9. The lowest BCUT2D eigenvalue weighted by Gasteiger charge is -2.44. The summed E-state index contributed by atoms with van der Waals surface area (Å²) in [6, 6.07) is 11.4. The van der Waals surface area contributed by atoms with Crippen LogP contribution in [-0.4, -0.2) is 91.2 Å². The van der Waals surface area contributed by atoms with Gasteiger partial charge in [0.1, 0.15) is 21.3 Å². The first-order valence-electron chi connectivity index (χ1n) is 19.1. The van der Waals surface area contributed by atoms with Crippen molar-refractivity contribution in [3.8, 4) is 5.75 Å². The molecule has 0 aromatic heterocycles. The summed E-state index contributed by atoms with van der Waals surface area (Å²) in [5, 5.41) is 0.712. The van der Waals surface area contributed by atoms with Gasteiger partial charge >= 0.3 is 6.09 Å². The number of hydrogen-bond acceptors (Lipinski definition) is 9. The molecule has 290 valence electrons. The molecule has 2 aromatic carbocycles. The van der Waals surface area contributed by atoms with Crippen molar-refractivity contribution in [1.29, 1.82) is 0 Å². The minimum Gasteiger partial charge on any atom is -0.491 e. The lowest BCUT2D eigenvalue weighted by atomic mass is 9.70. The van der Waals surface area contributed by atoms with Crippen LogP contribution < -0.4 is 14.4 Å². The van der Waals surface area contributed by atoms with Gasteiger partial charge in [0.05, 0.1) is 44.0 Å². The van der Waals surface area contributed by atoms with Crippen LogP contribution in [0.5, 0.6) is 5.75 Å². The molecule has 1 saturated heterocycles. The zero-order valence-corrected chi connectivity index (χ0v) is 32.9. The summed E-state index contributed by atoms with van der Waals surface area (Å²) >= 11 is 6.50. The van der Waals surface area contributed by atoms with Crippen molar-refractivity contribution in [3.63, 3.8) is 0 Å². The molecular formula is C40H55ClN4O7S. The van der Waals surface area contributed by atoms with E-state index in [4.69, 9.17) is 30.5 Å². The number of ether oxygens (including phenoxy) is 4. The average molecular weight is 771 g/mol. The lowest BCUT2D eigenvalue weighted by Crippen LogP contribution is -2.44. The van der Waals surface area contributed by atoms with Crippen molar-refractivity contribution < 1.29 is 32.7 Å². The molecule has 6 rings (SSSR count). The van der Waals surface area contributed by atoms with Gasteiger partial charge in [-0.25, -0.2) is 13.7 Å². The Hall–Kier alpha value is -3.16. The summed E-state index contributed by atoms with van der Waals surface area (Å²) in [4.78, 5) is 31.4. The largest absolute Gasteiger partial charge is 0.491 e. The van der Waals surface area contributed by atoms with Crippen LogP contribution in [-0.2, 0) is 37.1 Å². The highest BCUT2D eigenvalue weighted by atomic mass is 35.5. The maximum atomic E-state index is 14.3. The van der Waals surface area contributed by atoms with Crippen LogP contribution >= 0.6 is 11.6 Å². The molecule has 1 aliphatic carbocycles. The number of anilines is 1. The number of aryl methyl sites for hydroxylation is 1. The molecule has 4 atom stereocenters. The number of carbonyl (C=O) groups is 2. The van der Waals surface area contributed by atoms with Gasteiger partial charge in [-0.15, -0.1) is 4.36 Å². The minimum absolute atomic E-state index is 0.0174. The van der Waals surface area contributed by atoms with E-state index in [0.717, 1.165) is 77.2 Å². The summed E-state index contributed by atoms with van der Waals surface area (Å²) in [5.74, 6) is 0.635. The molecule has 53 heavy (non-hydrogen) atoms. The number of morpholine rings is 1. The van der Waals surface area contributed by atoms with Gasteiger partial charge in [-0.2, -0.15) is 0 Å². The second kappa shape index (κ2) is 18.0. The van der Waals surface area contributed by atoms with Crippen molar-refractivity contribution in [2.24, 2.45) is 16.2 Å². The topological polar surface area (TPSA) is 119 Å². The van der Waals surface area contributed by atoms with E-state index in [0.29, 0.717) is 55.2 Å². The molecule has 2 aromatic rings. The van der Waals surface area contributed by atoms with E-state index in [-0.39, 0.29) is 17.4 Å². The van der Waals surface area contributed by atoms with E-state index in [1.165, 1.54) is 11.1 Å². The SMILES string of the molecule is CC(C)(C)OC(=O)N[S@]1(=O)=NC(=O)c2ccc3c(c2)N(Cc2ccc(Cl)cc2CCCCO3)C[C@@H]2CC[C@H]2[C@@H](OCCN2CCOCC2)/C=C/CCC1. The first kappa shape index (κ1) is 39.5. The van der Waals surface area contributed by atoms with Crippen LogP contribution in [0.3, 0.4) is 0 Å².